The lowest BCUT2D eigenvalue weighted by Crippen LogP contribution is -2.13. The van der Waals surface area contributed by atoms with Crippen LogP contribution in [0, 0.1) is 13.8 Å². The van der Waals surface area contributed by atoms with Crippen molar-refractivity contribution in [3.05, 3.63) is 57.6 Å². The zero-order valence-electron chi connectivity index (χ0n) is 18.9. The van der Waals surface area contributed by atoms with E-state index in [-0.39, 0.29) is 10.8 Å². The highest BCUT2D eigenvalue weighted by Crippen LogP contribution is 2.50. The van der Waals surface area contributed by atoms with Gasteiger partial charge in [0.1, 0.15) is 11.5 Å². The summed E-state index contributed by atoms with van der Waals surface area (Å²) >= 11 is 0. The molecule has 2 aliphatic heterocycles. The van der Waals surface area contributed by atoms with Crippen molar-refractivity contribution in [1.82, 2.24) is 0 Å². The summed E-state index contributed by atoms with van der Waals surface area (Å²) in [4.78, 5) is 26.1. The minimum atomic E-state index is -0.500. The van der Waals surface area contributed by atoms with Crippen molar-refractivity contribution in [2.75, 3.05) is 0 Å². The maximum Gasteiger partial charge on any atom is 0.345 e. The zero-order chi connectivity index (χ0) is 22.2. The predicted molar refractivity (Wildman–Crippen MR) is 118 cm³/mol. The first-order valence-electron chi connectivity index (χ1n) is 10.3. The summed E-state index contributed by atoms with van der Waals surface area (Å²) in [6.07, 6.45) is 0. The van der Waals surface area contributed by atoms with Gasteiger partial charge in [0.15, 0.2) is 0 Å². The molecule has 2 aromatic rings. The van der Waals surface area contributed by atoms with Crippen molar-refractivity contribution in [3.8, 4) is 11.5 Å². The molecule has 30 heavy (non-hydrogen) atoms. The Morgan fingerprint density at radius 2 is 0.933 bits per heavy atom. The lowest BCUT2D eigenvalue weighted by atomic mass is 9.82. The van der Waals surface area contributed by atoms with Crippen LogP contribution in [-0.2, 0) is 20.4 Å². The van der Waals surface area contributed by atoms with E-state index in [4.69, 9.17) is 9.47 Å². The summed E-state index contributed by atoms with van der Waals surface area (Å²) in [6, 6.07) is 7.93. The van der Waals surface area contributed by atoms with E-state index in [0.29, 0.717) is 33.8 Å². The number of esters is 2. The highest BCUT2D eigenvalue weighted by molar-refractivity contribution is 6.41. The Balaban J connectivity index is 2.06. The lowest BCUT2D eigenvalue weighted by Gasteiger charge is -2.22. The largest absolute Gasteiger partial charge is 0.422 e. The van der Waals surface area contributed by atoms with Gasteiger partial charge in [-0.2, -0.15) is 0 Å². The van der Waals surface area contributed by atoms with Crippen LogP contribution in [0.2, 0.25) is 0 Å². The standard InChI is InChI=1S/C26H28O4/c1-13-9-15-19(23(27)29-21(15)17(11-13)25(3,4)5)20-16-10-14(2)12-18(26(6,7)8)22(16)30-24(20)28/h9-12H,1-8H3/b20-19-. The Labute approximate surface area is 177 Å². The normalized spacial score (nSPS) is 18.3. The molecule has 0 amide bonds. The first-order chi connectivity index (χ1) is 13.8. The number of carbonyl (C=O) groups is 2. The van der Waals surface area contributed by atoms with Crippen LogP contribution >= 0.6 is 0 Å². The van der Waals surface area contributed by atoms with Gasteiger partial charge in [-0.15, -0.1) is 0 Å². The average molecular weight is 405 g/mol. The monoisotopic (exact) mass is 404 g/mol. The number of aryl methyl sites for hydroxylation is 2. The summed E-state index contributed by atoms with van der Waals surface area (Å²) in [5.41, 5.74) is 5.46. The molecule has 0 fully saturated rings. The molecular weight excluding hydrogens is 376 g/mol. The van der Waals surface area contributed by atoms with Crippen molar-refractivity contribution in [2.45, 2.75) is 66.2 Å². The Hall–Kier alpha value is -2.88. The third kappa shape index (κ3) is 3.06. The molecule has 4 nitrogen and oxygen atoms in total. The molecule has 0 atom stereocenters. The van der Waals surface area contributed by atoms with E-state index in [0.717, 1.165) is 22.3 Å². The lowest BCUT2D eigenvalue weighted by molar-refractivity contribution is -0.129. The van der Waals surface area contributed by atoms with Gasteiger partial charge >= 0.3 is 11.9 Å². The quantitative estimate of drug-likeness (QED) is 0.324. The van der Waals surface area contributed by atoms with E-state index in [1.807, 2.05) is 38.1 Å². The van der Waals surface area contributed by atoms with E-state index in [1.54, 1.807) is 0 Å². The summed E-state index contributed by atoms with van der Waals surface area (Å²) in [7, 11) is 0. The average Bonchev–Trinajstić information content (AvgIpc) is 3.07. The molecule has 0 saturated carbocycles. The van der Waals surface area contributed by atoms with Crippen molar-refractivity contribution < 1.29 is 19.1 Å². The molecule has 2 aromatic carbocycles. The number of fused-ring (bicyclic) bond motifs is 2. The third-order valence-corrected chi connectivity index (χ3v) is 5.67. The van der Waals surface area contributed by atoms with E-state index in [9.17, 15) is 9.59 Å². The van der Waals surface area contributed by atoms with Crippen LogP contribution in [0.3, 0.4) is 0 Å². The van der Waals surface area contributed by atoms with E-state index >= 15 is 0 Å². The maximum atomic E-state index is 13.0. The Kier molecular flexibility index (Phi) is 4.29. The van der Waals surface area contributed by atoms with Gasteiger partial charge in [-0.1, -0.05) is 53.7 Å². The van der Waals surface area contributed by atoms with Crippen LogP contribution in [-0.4, -0.2) is 11.9 Å². The fourth-order valence-electron chi connectivity index (χ4n) is 4.23. The molecule has 4 rings (SSSR count). The van der Waals surface area contributed by atoms with Crippen LogP contribution in [0.25, 0.3) is 11.1 Å². The van der Waals surface area contributed by atoms with Crippen molar-refractivity contribution in [3.63, 3.8) is 0 Å². The smallest absolute Gasteiger partial charge is 0.345 e. The van der Waals surface area contributed by atoms with Crippen molar-refractivity contribution >= 4 is 23.1 Å². The second-order valence-corrected chi connectivity index (χ2v) is 10.4. The van der Waals surface area contributed by atoms with Gasteiger partial charge in [0.25, 0.3) is 0 Å². The first kappa shape index (κ1) is 20.4. The number of hydrogen-bond acceptors (Lipinski definition) is 4. The van der Waals surface area contributed by atoms with Crippen LogP contribution < -0.4 is 9.47 Å². The van der Waals surface area contributed by atoms with Crippen LogP contribution in [0.1, 0.15) is 74.9 Å². The molecule has 2 heterocycles. The number of rotatable bonds is 0. The second-order valence-electron chi connectivity index (χ2n) is 10.4. The van der Waals surface area contributed by atoms with Crippen LogP contribution in [0.4, 0.5) is 0 Å². The van der Waals surface area contributed by atoms with E-state index < -0.39 is 11.9 Å². The highest BCUT2D eigenvalue weighted by atomic mass is 16.5. The van der Waals surface area contributed by atoms with E-state index in [2.05, 4.69) is 41.5 Å². The van der Waals surface area contributed by atoms with Gasteiger partial charge in [-0.05, 0) is 47.9 Å². The van der Waals surface area contributed by atoms with Gasteiger partial charge in [0.2, 0.25) is 0 Å². The summed E-state index contributed by atoms with van der Waals surface area (Å²) in [5.74, 6) is 0.0931. The topological polar surface area (TPSA) is 52.6 Å². The van der Waals surface area contributed by atoms with Gasteiger partial charge < -0.3 is 9.47 Å². The highest BCUT2D eigenvalue weighted by Gasteiger charge is 2.42. The molecule has 156 valence electrons. The fraction of sp³-hybridized carbons (Fsp3) is 0.385. The minimum absolute atomic E-state index is 0.208. The van der Waals surface area contributed by atoms with Crippen LogP contribution in [0.5, 0.6) is 11.5 Å². The predicted octanol–water partition coefficient (Wildman–Crippen LogP) is 5.65. The van der Waals surface area contributed by atoms with E-state index in [1.165, 1.54) is 0 Å². The molecule has 0 aliphatic carbocycles. The molecule has 0 bridgehead atoms. The van der Waals surface area contributed by atoms with Crippen LogP contribution in [0.15, 0.2) is 24.3 Å². The minimum Gasteiger partial charge on any atom is -0.422 e. The van der Waals surface area contributed by atoms with Crippen molar-refractivity contribution in [1.29, 1.82) is 0 Å². The van der Waals surface area contributed by atoms with Gasteiger partial charge in [-0.25, -0.2) is 9.59 Å². The molecule has 0 saturated heterocycles. The molecule has 0 spiro atoms. The Morgan fingerprint density at radius 1 is 0.600 bits per heavy atom. The van der Waals surface area contributed by atoms with Gasteiger partial charge in [-0.3, -0.25) is 0 Å². The molecule has 0 aromatic heterocycles. The fourth-order valence-corrected chi connectivity index (χ4v) is 4.23. The Morgan fingerprint density at radius 3 is 1.23 bits per heavy atom. The zero-order valence-corrected chi connectivity index (χ0v) is 18.9. The molecule has 0 N–H and O–H groups in total. The molecule has 4 heteroatoms. The molecule has 0 unspecified atom stereocenters. The first-order valence-corrected chi connectivity index (χ1v) is 10.3. The summed E-state index contributed by atoms with van der Waals surface area (Å²) in [6.45, 7) is 16.5. The molecule has 2 aliphatic rings. The molecule has 0 radical (unpaired) electrons. The maximum absolute atomic E-state index is 13.0. The van der Waals surface area contributed by atoms with Gasteiger partial charge in [0.05, 0.1) is 11.1 Å². The number of carbonyl (C=O) groups excluding carboxylic acids is 2. The number of hydrogen-bond donors (Lipinski definition) is 0. The van der Waals surface area contributed by atoms with Crippen molar-refractivity contribution in [2.24, 2.45) is 0 Å². The van der Waals surface area contributed by atoms with Gasteiger partial charge in [0, 0.05) is 22.3 Å². The third-order valence-electron chi connectivity index (χ3n) is 5.67. The SMILES string of the molecule is Cc1cc2c(c(C(C)(C)C)c1)OC(=O)/C2=C1\C(=O)Oc2c1cc(C)cc2C(C)(C)C. The Bertz CT molecular complexity index is 1060. The second kappa shape index (κ2) is 6.31. The summed E-state index contributed by atoms with van der Waals surface area (Å²) in [5, 5.41) is 0. The summed E-state index contributed by atoms with van der Waals surface area (Å²) < 4.78 is 11.5. The molecular formula is C26H28O4. The number of ether oxygens (including phenoxy) is 2. The number of benzene rings is 2.